The van der Waals surface area contributed by atoms with Gasteiger partial charge in [-0.05, 0) is 46.3 Å². The van der Waals surface area contributed by atoms with Gasteiger partial charge in [0.2, 0.25) is 5.91 Å². The predicted octanol–water partition coefficient (Wildman–Crippen LogP) is 1.45. The molecule has 1 saturated heterocycles. The first-order valence-electron chi connectivity index (χ1n) is 7.29. The smallest absolute Gasteiger partial charge is 0.222 e. The van der Waals surface area contributed by atoms with Gasteiger partial charge in [0, 0.05) is 25.6 Å². The van der Waals surface area contributed by atoms with Crippen LogP contribution >= 0.6 is 0 Å². The Hall–Kier alpha value is -0.610. The molecule has 4 nitrogen and oxygen atoms in total. The third-order valence-corrected chi connectivity index (χ3v) is 3.82. The van der Waals surface area contributed by atoms with Crippen LogP contribution in [0, 0.1) is 0 Å². The quantitative estimate of drug-likeness (QED) is 0.701. The molecule has 0 radical (unpaired) electrons. The Labute approximate surface area is 111 Å². The van der Waals surface area contributed by atoms with Gasteiger partial charge >= 0.3 is 0 Å². The first-order valence-corrected chi connectivity index (χ1v) is 7.29. The molecule has 18 heavy (non-hydrogen) atoms. The Balaban J connectivity index is 2.20. The van der Waals surface area contributed by atoms with Crippen molar-refractivity contribution in [3.8, 4) is 0 Å². The number of rotatable bonds is 7. The number of nitrogens with two attached hydrogens (primary N) is 1. The molecule has 1 atom stereocenters. The number of piperidine rings is 1. The zero-order chi connectivity index (χ0) is 13.4. The van der Waals surface area contributed by atoms with Crippen molar-refractivity contribution >= 4 is 5.91 Å². The van der Waals surface area contributed by atoms with Crippen LogP contribution in [0.3, 0.4) is 0 Å². The zero-order valence-corrected chi connectivity index (χ0v) is 12.0. The molecular weight excluding hydrogens is 226 g/mol. The van der Waals surface area contributed by atoms with Crippen LogP contribution in [0.2, 0.25) is 0 Å². The van der Waals surface area contributed by atoms with Gasteiger partial charge in [0.25, 0.3) is 0 Å². The molecule has 0 aliphatic carbocycles. The molecule has 0 aromatic heterocycles. The van der Waals surface area contributed by atoms with Crippen molar-refractivity contribution in [2.75, 3.05) is 33.7 Å². The minimum Gasteiger partial charge on any atom is -0.341 e. The lowest BCUT2D eigenvalue weighted by atomic mass is 10.0. The molecule has 1 aliphatic rings. The summed E-state index contributed by atoms with van der Waals surface area (Å²) in [6.07, 6.45) is 7.46. The normalized spacial score (nSPS) is 20.4. The molecule has 1 heterocycles. The summed E-state index contributed by atoms with van der Waals surface area (Å²) in [6, 6.07) is 0.542. The van der Waals surface area contributed by atoms with Gasteiger partial charge in [-0.25, -0.2) is 0 Å². The maximum atomic E-state index is 12.1. The minimum atomic E-state index is 0.342. The molecule has 2 N–H and O–H groups in total. The van der Waals surface area contributed by atoms with E-state index in [1.54, 1.807) is 0 Å². The van der Waals surface area contributed by atoms with Crippen LogP contribution in [0.15, 0.2) is 0 Å². The van der Waals surface area contributed by atoms with E-state index < -0.39 is 0 Å². The number of nitrogens with zero attached hydrogens (tertiary/aromatic N) is 2. The van der Waals surface area contributed by atoms with Crippen LogP contribution in [-0.4, -0.2) is 55.5 Å². The molecule has 0 spiro atoms. The van der Waals surface area contributed by atoms with Gasteiger partial charge < -0.3 is 15.5 Å². The summed E-state index contributed by atoms with van der Waals surface area (Å²) in [5.41, 5.74) is 5.45. The van der Waals surface area contributed by atoms with Crippen molar-refractivity contribution in [2.45, 2.75) is 51.0 Å². The van der Waals surface area contributed by atoms with E-state index in [1.807, 2.05) is 0 Å². The summed E-state index contributed by atoms with van der Waals surface area (Å²) >= 11 is 0. The highest BCUT2D eigenvalue weighted by Crippen LogP contribution is 2.15. The Bertz CT molecular complexity index is 243. The summed E-state index contributed by atoms with van der Waals surface area (Å²) in [5.74, 6) is 0.342. The van der Waals surface area contributed by atoms with Crippen LogP contribution in [0.1, 0.15) is 44.9 Å². The largest absolute Gasteiger partial charge is 0.341 e. The predicted molar refractivity (Wildman–Crippen MR) is 75.4 cm³/mol. The number of hydrogen-bond acceptors (Lipinski definition) is 3. The van der Waals surface area contributed by atoms with Crippen molar-refractivity contribution in [3.63, 3.8) is 0 Å². The summed E-state index contributed by atoms with van der Waals surface area (Å²) in [5, 5.41) is 0. The minimum absolute atomic E-state index is 0.342. The SMILES string of the molecule is CN(C)C1CCCN(C(=O)CCCCCCN)C1. The third-order valence-electron chi connectivity index (χ3n) is 3.82. The molecule has 0 aromatic rings. The summed E-state index contributed by atoms with van der Waals surface area (Å²) in [6.45, 7) is 2.63. The van der Waals surface area contributed by atoms with Gasteiger partial charge in [0.15, 0.2) is 0 Å². The first-order chi connectivity index (χ1) is 8.65. The fourth-order valence-corrected chi connectivity index (χ4v) is 2.53. The monoisotopic (exact) mass is 255 g/mol. The molecule has 4 heteroatoms. The van der Waals surface area contributed by atoms with E-state index >= 15 is 0 Å². The second-order valence-electron chi connectivity index (χ2n) is 5.55. The van der Waals surface area contributed by atoms with E-state index in [0.717, 1.165) is 51.7 Å². The van der Waals surface area contributed by atoms with E-state index in [0.29, 0.717) is 18.4 Å². The fourth-order valence-electron chi connectivity index (χ4n) is 2.53. The molecule has 1 rings (SSSR count). The van der Waals surface area contributed by atoms with Crippen molar-refractivity contribution in [1.29, 1.82) is 0 Å². The molecule has 1 aliphatic heterocycles. The van der Waals surface area contributed by atoms with Gasteiger partial charge in [0.1, 0.15) is 0 Å². The van der Waals surface area contributed by atoms with Gasteiger partial charge in [-0.3, -0.25) is 4.79 Å². The fraction of sp³-hybridized carbons (Fsp3) is 0.929. The Morgan fingerprint density at radius 3 is 2.67 bits per heavy atom. The summed E-state index contributed by atoms with van der Waals surface area (Å²) in [4.78, 5) is 16.4. The standard InChI is InChI=1S/C14H29N3O/c1-16(2)13-8-7-11-17(12-13)14(18)9-5-3-4-6-10-15/h13H,3-12,15H2,1-2H3. The van der Waals surface area contributed by atoms with Gasteiger partial charge in [-0.1, -0.05) is 12.8 Å². The molecule has 0 bridgehead atoms. The van der Waals surface area contributed by atoms with Crippen LogP contribution in [0.25, 0.3) is 0 Å². The zero-order valence-electron chi connectivity index (χ0n) is 12.0. The van der Waals surface area contributed by atoms with Gasteiger partial charge in [0.05, 0.1) is 0 Å². The maximum absolute atomic E-state index is 12.1. The van der Waals surface area contributed by atoms with Crippen molar-refractivity contribution < 1.29 is 4.79 Å². The number of hydrogen-bond donors (Lipinski definition) is 1. The number of carbonyl (C=O) groups is 1. The number of unbranched alkanes of at least 4 members (excludes halogenated alkanes) is 3. The van der Waals surface area contributed by atoms with E-state index in [9.17, 15) is 4.79 Å². The van der Waals surface area contributed by atoms with Gasteiger partial charge in [-0.15, -0.1) is 0 Å². The van der Waals surface area contributed by atoms with E-state index in [1.165, 1.54) is 6.42 Å². The molecule has 1 fully saturated rings. The lowest BCUT2D eigenvalue weighted by molar-refractivity contribution is -0.133. The average molecular weight is 255 g/mol. The second kappa shape index (κ2) is 8.48. The Morgan fingerprint density at radius 1 is 1.28 bits per heavy atom. The Morgan fingerprint density at radius 2 is 2.00 bits per heavy atom. The molecule has 106 valence electrons. The summed E-state index contributed by atoms with van der Waals surface area (Å²) < 4.78 is 0. The van der Waals surface area contributed by atoms with Crippen molar-refractivity contribution in [2.24, 2.45) is 5.73 Å². The van der Waals surface area contributed by atoms with Gasteiger partial charge in [-0.2, -0.15) is 0 Å². The summed E-state index contributed by atoms with van der Waals surface area (Å²) in [7, 11) is 4.21. The highest BCUT2D eigenvalue weighted by molar-refractivity contribution is 5.76. The number of likely N-dealkylation sites (tertiary alicyclic amines) is 1. The van der Waals surface area contributed by atoms with E-state index in [-0.39, 0.29) is 0 Å². The van der Waals surface area contributed by atoms with Crippen molar-refractivity contribution in [3.05, 3.63) is 0 Å². The molecule has 0 aromatic carbocycles. The van der Waals surface area contributed by atoms with E-state index in [4.69, 9.17) is 5.73 Å². The number of likely N-dealkylation sites (N-methyl/N-ethyl adjacent to an activating group) is 1. The molecular formula is C14H29N3O. The number of carbonyl (C=O) groups excluding carboxylic acids is 1. The topological polar surface area (TPSA) is 49.6 Å². The highest BCUT2D eigenvalue weighted by Gasteiger charge is 2.24. The highest BCUT2D eigenvalue weighted by atomic mass is 16.2. The van der Waals surface area contributed by atoms with Crippen LogP contribution in [0.4, 0.5) is 0 Å². The van der Waals surface area contributed by atoms with Crippen LogP contribution < -0.4 is 5.73 Å². The molecule has 0 saturated carbocycles. The van der Waals surface area contributed by atoms with Crippen LogP contribution in [0.5, 0.6) is 0 Å². The lowest BCUT2D eigenvalue weighted by Crippen LogP contribution is -2.47. The molecule has 1 amide bonds. The lowest BCUT2D eigenvalue weighted by Gasteiger charge is -2.36. The second-order valence-corrected chi connectivity index (χ2v) is 5.55. The maximum Gasteiger partial charge on any atom is 0.222 e. The first kappa shape index (κ1) is 15.4. The van der Waals surface area contributed by atoms with Crippen molar-refractivity contribution in [1.82, 2.24) is 9.80 Å². The van der Waals surface area contributed by atoms with E-state index in [2.05, 4.69) is 23.9 Å². The molecule has 1 unspecified atom stereocenters. The van der Waals surface area contributed by atoms with Crippen LogP contribution in [-0.2, 0) is 4.79 Å². The third kappa shape index (κ3) is 5.36. The average Bonchev–Trinajstić information content (AvgIpc) is 2.38. The number of amides is 1. The Kier molecular flexibility index (Phi) is 7.28.